The molecular weight excluding hydrogens is 230 g/mol. The third-order valence-corrected chi connectivity index (χ3v) is 3.83. The van der Waals surface area contributed by atoms with Gasteiger partial charge in [-0.3, -0.25) is 0 Å². The third-order valence-electron chi connectivity index (χ3n) is 2.84. The number of aryl methyl sites for hydroxylation is 1. The van der Waals surface area contributed by atoms with Gasteiger partial charge >= 0.3 is 0 Å². The Balaban J connectivity index is 2.16. The first-order valence-electron chi connectivity index (χ1n) is 5.80. The minimum absolute atomic E-state index is 0.317. The van der Waals surface area contributed by atoms with Gasteiger partial charge in [-0.1, -0.05) is 19.1 Å². The topological polar surface area (TPSA) is 32.3 Å². The summed E-state index contributed by atoms with van der Waals surface area (Å²) in [6.45, 7) is 4.06. The summed E-state index contributed by atoms with van der Waals surface area (Å²) in [6.07, 6.45) is 1.02. The van der Waals surface area contributed by atoms with E-state index in [1.54, 1.807) is 17.4 Å². The number of hydrogen-bond acceptors (Lipinski definition) is 3. The molecule has 2 rings (SSSR count). The molecule has 2 aromatic rings. The number of nitrogens with one attached hydrogen (secondary N) is 1. The maximum Gasteiger partial charge on any atom is 0.120 e. The van der Waals surface area contributed by atoms with Crippen molar-refractivity contribution in [2.75, 3.05) is 5.32 Å². The van der Waals surface area contributed by atoms with E-state index in [9.17, 15) is 5.11 Å². The molecule has 2 nitrogen and oxygen atoms in total. The van der Waals surface area contributed by atoms with Gasteiger partial charge in [0, 0.05) is 16.6 Å². The summed E-state index contributed by atoms with van der Waals surface area (Å²) in [6, 6.07) is 10.2. The zero-order chi connectivity index (χ0) is 12.3. The summed E-state index contributed by atoms with van der Waals surface area (Å²) in [4.78, 5) is 1.33. The van der Waals surface area contributed by atoms with Gasteiger partial charge in [0.15, 0.2) is 0 Å². The van der Waals surface area contributed by atoms with Gasteiger partial charge in [0.2, 0.25) is 0 Å². The lowest BCUT2D eigenvalue weighted by atomic mass is 10.1. The van der Waals surface area contributed by atoms with E-state index in [1.807, 2.05) is 19.1 Å². The highest BCUT2D eigenvalue weighted by molar-refractivity contribution is 7.10. The van der Waals surface area contributed by atoms with Crippen LogP contribution in [0, 0.1) is 6.92 Å². The van der Waals surface area contributed by atoms with E-state index in [-0.39, 0.29) is 0 Å². The molecule has 0 amide bonds. The molecule has 0 spiro atoms. The van der Waals surface area contributed by atoms with Crippen molar-refractivity contribution in [3.05, 3.63) is 46.2 Å². The highest BCUT2D eigenvalue weighted by Gasteiger charge is 2.10. The number of phenolic OH excluding ortho intramolecular Hbond substituents is 1. The Morgan fingerprint density at radius 2 is 2.18 bits per heavy atom. The lowest BCUT2D eigenvalue weighted by Crippen LogP contribution is -2.07. The van der Waals surface area contributed by atoms with E-state index >= 15 is 0 Å². The Labute approximate surface area is 106 Å². The van der Waals surface area contributed by atoms with Gasteiger partial charge in [-0.25, -0.2) is 0 Å². The average molecular weight is 247 g/mol. The standard InChI is InChI=1S/C14H17NOS/c1-3-12(14-5-4-8-17-14)15-11-7-6-10(2)13(16)9-11/h4-9,12,15-16H,3H2,1-2H3. The summed E-state index contributed by atoms with van der Waals surface area (Å²) in [5.74, 6) is 0.344. The molecule has 0 aliphatic heterocycles. The monoisotopic (exact) mass is 247 g/mol. The van der Waals surface area contributed by atoms with Gasteiger partial charge in [-0.2, -0.15) is 0 Å². The summed E-state index contributed by atoms with van der Waals surface area (Å²) in [7, 11) is 0. The third kappa shape index (κ3) is 2.80. The number of hydrogen-bond donors (Lipinski definition) is 2. The first-order chi connectivity index (χ1) is 8.20. The Bertz CT molecular complexity index is 479. The highest BCUT2D eigenvalue weighted by Crippen LogP contribution is 2.28. The molecule has 0 saturated carbocycles. The van der Waals surface area contributed by atoms with E-state index < -0.39 is 0 Å². The van der Waals surface area contributed by atoms with Crippen molar-refractivity contribution in [2.24, 2.45) is 0 Å². The second-order valence-electron chi connectivity index (χ2n) is 4.12. The molecule has 90 valence electrons. The molecule has 1 atom stereocenters. The van der Waals surface area contributed by atoms with Crippen molar-refractivity contribution >= 4 is 17.0 Å². The summed E-state index contributed by atoms with van der Waals surface area (Å²) in [5, 5.41) is 15.2. The van der Waals surface area contributed by atoms with Gasteiger partial charge in [0.05, 0.1) is 6.04 Å². The van der Waals surface area contributed by atoms with Crippen LogP contribution in [-0.4, -0.2) is 5.11 Å². The summed E-state index contributed by atoms with van der Waals surface area (Å²) < 4.78 is 0. The SMILES string of the molecule is CCC(Nc1ccc(C)c(O)c1)c1cccs1. The maximum atomic E-state index is 9.68. The van der Waals surface area contributed by atoms with Crippen LogP contribution in [0.15, 0.2) is 35.7 Å². The fourth-order valence-electron chi connectivity index (χ4n) is 1.76. The van der Waals surface area contributed by atoms with Gasteiger partial charge in [0.25, 0.3) is 0 Å². The molecule has 0 fully saturated rings. The predicted molar refractivity (Wildman–Crippen MR) is 73.8 cm³/mol. The van der Waals surface area contributed by atoms with Crippen molar-refractivity contribution in [2.45, 2.75) is 26.3 Å². The minimum Gasteiger partial charge on any atom is -0.508 e. The van der Waals surface area contributed by atoms with Crippen LogP contribution >= 0.6 is 11.3 Å². The van der Waals surface area contributed by atoms with Gasteiger partial charge < -0.3 is 10.4 Å². The molecule has 17 heavy (non-hydrogen) atoms. The fraction of sp³-hybridized carbons (Fsp3) is 0.286. The normalized spacial score (nSPS) is 12.4. The van der Waals surface area contributed by atoms with Gasteiger partial charge in [-0.05, 0) is 36.4 Å². The highest BCUT2D eigenvalue weighted by atomic mass is 32.1. The van der Waals surface area contributed by atoms with Crippen molar-refractivity contribution in [1.82, 2.24) is 0 Å². The van der Waals surface area contributed by atoms with Crippen molar-refractivity contribution in [1.29, 1.82) is 0 Å². The summed E-state index contributed by atoms with van der Waals surface area (Å²) in [5.41, 5.74) is 1.87. The molecule has 1 aromatic carbocycles. The van der Waals surface area contributed by atoms with E-state index in [4.69, 9.17) is 0 Å². The molecule has 1 heterocycles. The van der Waals surface area contributed by atoms with E-state index in [0.717, 1.165) is 17.7 Å². The quantitative estimate of drug-likeness (QED) is 0.843. The molecule has 2 N–H and O–H groups in total. The Morgan fingerprint density at radius 3 is 2.76 bits per heavy atom. The Morgan fingerprint density at radius 1 is 1.35 bits per heavy atom. The van der Waals surface area contributed by atoms with E-state index in [2.05, 4.69) is 29.8 Å². The molecule has 1 unspecified atom stereocenters. The lowest BCUT2D eigenvalue weighted by molar-refractivity contribution is 0.471. The largest absolute Gasteiger partial charge is 0.508 e. The minimum atomic E-state index is 0.317. The molecule has 3 heteroatoms. The second kappa shape index (κ2) is 5.23. The Kier molecular flexibility index (Phi) is 3.69. The predicted octanol–water partition coefficient (Wildman–Crippen LogP) is 4.33. The van der Waals surface area contributed by atoms with Crippen LogP contribution < -0.4 is 5.32 Å². The Hall–Kier alpha value is -1.48. The maximum absolute atomic E-state index is 9.68. The molecule has 0 aliphatic carbocycles. The first-order valence-corrected chi connectivity index (χ1v) is 6.68. The van der Waals surface area contributed by atoms with Crippen LogP contribution in [-0.2, 0) is 0 Å². The van der Waals surface area contributed by atoms with Crippen LogP contribution in [0.2, 0.25) is 0 Å². The molecule has 0 aliphatic rings. The van der Waals surface area contributed by atoms with Crippen LogP contribution in [0.4, 0.5) is 5.69 Å². The molecule has 0 saturated heterocycles. The van der Waals surface area contributed by atoms with E-state index in [0.29, 0.717) is 11.8 Å². The van der Waals surface area contributed by atoms with Gasteiger partial charge in [-0.15, -0.1) is 11.3 Å². The average Bonchev–Trinajstić information content (AvgIpc) is 2.84. The van der Waals surface area contributed by atoms with Crippen LogP contribution in [0.3, 0.4) is 0 Å². The van der Waals surface area contributed by atoms with Crippen molar-refractivity contribution < 1.29 is 5.11 Å². The van der Waals surface area contributed by atoms with E-state index in [1.165, 1.54) is 4.88 Å². The number of rotatable bonds is 4. The number of aromatic hydroxyl groups is 1. The zero-order valence-electron chi connectivity index (χ0n) is 10.1. The molecule has 0 radical (unpaired) electrons. The van der Waals surface area contributed by atoms with Crippen molar-refractivity contribution in [3.8, 4) is 5.75 Å². The van der Waals surface area contributed by atoms with Crippen molar-refractivity contribution in [3.63, 3.8) is 0 Å². The smallest absolute Gasteiger partial charge is 0.120 e. The van der Waals surface area contributed by atoms with Gasteiger partial charge in [0.1, 0.15) is 5.75 Å². The number of thiophene rings is 1. The second-order valence-corrected chi connectivity index (χ2v) is 5.10. The van der Waals surface area contributed by atoms with Crippen LogP contribution in [0.25, 0.3) is 0 Å². The molecule has 0 bridgehead atoms. The zero-order valence-corrected chi connectivity index (χ0v) is 10.9. The fourth-order valence-corrected chi connectivity index (χ4v) is 2.63. The lowest BCUT2D eigenvalue weighted by Gasteiger charge is -2.17. The molecular formula is C14H17NOS. The van der Waals surface area contributed by atoms with Crippen LogP contribution in [0.5, 0.6) is 5.75 Å². The number of phenols is 1. The molecule has 1 aromatic heterocycles. The number of anilines is 1. The number of benzene rings is 1. The summed E-state index contributed by atoms with van der Waals surface area (Å²) >= 11 is 1.76. The van der Waals surface area contributed by atoms with Crippen LogP contribution in [0.1, 0.15) is 29.8 Å². The first kappa shape index (κ1) is 12.0.